The molecule has 2 rings (SSSR count). The monoisotopic (exact) mass is 322 g/mol. The summed E-state index contributed by atoms with van der Waals surface area (Å²) in [5.74, 6) is -0.103. The lowest BCUT2D eigenvalue weighted by atomic mass is 9.43. The van der Waals surface area contributed by atoms with Crippen LogP contribution in [-0.4, -0.2) is 33.1 Å². The van der Waals surface area contributed by atoms with Crippen molar-refractivity contribution >= 4 is 0 Å². The summed E-state index contributed by atoms with van der Waals surface area (Å²) in [6, 6.07) is 0. The third kappa shape index (κ3) is 2.92. The zero-order valence-corrected chi connectivity index (χ0v) is 15.3. The van der Waals surface area contributed by atoms with Gasteiger partial charge in [-0.15, -0.1) is 0 Å². The van der Waals surface area contributed by atoms with Crippen LogP contribution in [0, 0.1) is 22.7 Å². The molecule has 0 aromatic rings. The van der Waals surface area contributed by atoms with Crippen LogP contribution in [0.1, 0.15) is 60.3 Å². The molecule has 132 valence electrons. The van der Waals surface area contributed by atoms with Gasteiger partial charge in [0.2, 0.25) is 0 Å². The van der Waals surface area contributed by atoms with E-state index in [1.165, 1.54) is 0 Å². The summed E-state index contributed by atoms with van der Waals surface area (Å²) >= 11 is 0. The maximum Gasteiger partial charge on any atom is 0.109 e. The lowest BCUT2D eigenvalue weighted by Crippen LogP contribution is -2.69. The van der Waals surface area contributed by atoms with Crippen LogP contribution in [0.25, 0.3) is 0 Å². The van der Waals surface area contributed by atoms with E-state index in [9.17, 15) is 15.3 Å². The molecule has 3 heteroatoms. The molecule has 1 unspecified atom stereocenters. The molecule has 2 fully saturated rings. The van der Waals surface area contributed by atoms with Gasteiger partial charge in [0.1, 0.15) is 6.10 Å². The summed E-state index contributed by atoms with van der Waals surface area (Å²) in [6.45, 7) is 14.0. The van der Waals surface area contributed by atoms with E-state index < -0.39 is 17.8 Å². The van der Waals surface area contributed by atoms with E-state index in [-0.39, 0.29) is 22.7 Å². The highest BCUT2D eigenvalue weighted by Crippen LogP contribution is 2.62. The SMILES string of the molecule is C=C/C(C)=C/C[C@H]1[C@](C)(O)[C@@H](O)[C@@H](O)C2C(C)(C)CCC[C@@]21C. The third-order valence-electron chi connectivity index (χ3n) is 6.85. The minimum atomic E-state index is -1.30. The molecule has 0 aromatic carbocycles. The molecule has 0 aromatic heterocycles. The Balaban J connectivity index is 2.49. The molecule has 6 atom stereocenters. The van der Waals surface area contributed by atoms with Crippen molar-refractivity contribution in [3.63, 3.8) is 0 Å². The summed E-state index contributed by atoms with van der Waals surface area (Å²) in [6.07, 6.45) is 5.73. The summed E-state index contributed by atoms with van der Waals surface area (Å²) in [7, 11) is 0. The Bertz CT molecular complexity index is 491. The summed E-state index contributed by atoms with van der Waals surface area (Å²) in [4.78, 5) is 0. The second-order valence-corrected chi connectivity index (χ2v) is 8.93. The number of aliphatic hydroxyl groups is 3. The van der Waals surface area contributed by atoms with Crippen molar-refractivity contribution in [1.82, 2.24) is 0 Å². The Hall–Kier alpha value is -0.640. The van der Waals surface area contributed by atoms with E-state index >= 15 is 0 Å². The number of rotatable bonds is 3. The van der Waals surface area contributed by atoms with Gasteiger partial charge in [-0.3, -0.25) is 0 Å². The van der Waals surface area contributed by atoms with Crippen LogP contribution in [0.4, 0.5) is 0 Å². The second-order valence-electron chi connectivity index (χ2n) is 8.93. The van der Waals surface area contributed by atoms with Gasteiger partial charge < -0.3 is 15.3 Å². The van der Waals surface area contributed by atoms with E-state index in [4.69, 9.17) is 0 Å². The molecule has 0 heterocycles. The van der Waals surface area contributed by atoms with Crippen LogP contribution in [-0.2, 0) is 0 Å². The highest BCUT2D eigenvalue weighted by molar-refractivity contribution is 5.18. The van der Waals surface area contributed by atoms with Crippen molar-refractivity contribution < 1.29 is 15.3 Å². The molecule has 3 N–H and O–H groups in total. The van der Waals surface area contributed by atoms with Crippen molar-refractivity contribution in [2.45, 2.75) is 78.1 Å². The van der Waals surface area contributed by atoms with Gasteiger partial charge in [-0.2, -0.15) is 0 Å². The molecule has 23 heavy (non-hydrogen) atoms. The molecule has 0 aliphatic heterocycles. The van der Waals surface area contributed by atoms with Crippen molar-refractivity contribution in [2.24, 2.45) is 22.7 Å². The molecular weight excluding hydrogens is 288 g/mol. The topological polar surface area (TPSA) is 60.7 Å². The van der Waals surface area contributed by atoms with E-state index in [1.54, 1.807) is 6.92 Å². The number of fused-ring (bicyclic) bond motifs is 1. The van der Waals surface area contributed by atoms with Crippen molar-refractivity contribution in [1.29, 1.82) is 0 Å². The minimum absolute atomic E-state index is 0.0126. The van der Waals surface area contributed by atoms with Gasteiger partial charge in [-0.05, 0) is 55.8 Å². The Kier molecular flexibility index (Phi) is 4.89. The quantitative estimate of drug-likeness (QED) is 0.698. The largest absolute Gasteiger partial charge is 0.390 e. The molecule has 0 amide bonds. The number of hydrogen-bond donors (Lipinski definition) is 3. The first-order valence-corrected chi connectivity index (χ1v) is 8.86. The van der Waals surface area contributed by atoms with E-state index in [0.29, 0.717) is 6.42 Å². The van der Waals surface area contributed by atoms with Crippen molar-refractivity contribution in [2.75, 3.05) is 0 Å². The fraction of sp³-hybridized carbons (Fsp3) is 0.800. The zero-order valence-electron chi connectivity index (χ0n) is 15.3. The normalized spacial score (nSPS) is 47.0. The van der Waals surface area contributed by atoms with Gasteiger partial charge in [0.15, 0.2) is 0 Å². The minimum Gasteiger partial charge on any atom is -0.390 e. The van der Waals surface area contributed by atoms with E-state index in [0.717, 1.165) is 24.8 Å². The Morgan fingerprint density at radius 1 is 1.17 bits per heavy atom. The third-order valence-corrected chi connectivity index (χ3v) is 6.85. The summed E-state index contributed by atoms with van der Waals surface area (Å²) in [5, 5.41) is 32.5. The summed E-state index contributed by atoms with van der Waals surface area (Å²) in [5.41, 5.74) is -0.450. The molecule has 0 radical (unpaired) electrons. The fourth-order valence-electron chi connectivity index (χ4n) is 5.67. The van der Waals surface area contributed by atoms with Gasteiger partial charge in [-0.25, -0.2) is 0 Å². The van der Waals surface area contributed by atoms with Crippen LogP contribution in [0.5, 0.6) is 0 Å². The fourth-order valence-corrected chi connectivity index (χ4v) is 5.67. The van der Waals surface area contributed by atoms with Gasteiger partial charge in [0.05, 0.1) is 11.7 Å². The maximum absolute atomic E-state index is 11.1. The molecule has 2 aliphatic rings. The number of hydrogen-bond acceptors (Lipinski definition) is 3. The van der Waals surface area contributed by atoms with Crippen LogP contribution >= 0.6 is 0 Å². The number of allylic oxidation sites excluding steroid dienone is 3. The molecule has 0 bridgehead atoms. The lowest BCUT2D eigenvalue weighted by molar-refractivity contribution is -0.265. The predicted octanol–water partition coefficient (Wildman–Crippen LogP) is 3.44. The highest BCUT2D eigenvalue weighted by Gasteiger charge is 2.64. The number of aliphatic hydroxyl groups excluding tert-OH is 2. The molecular formula is C20H34O3. The first-order valence-electron chi connectivity index (χ1n) is 8.86. The highest BCUT2D eigenvalue weighted by atomic mass is 16.4. The Morgan fingerprint density at radius 2 is 1.78 bits per heavy atom. The Labute approximate surface area is 141 Å². The molecule has 0 saturated heterocycles. The van der Waals surface area contributed by atoms with Crippen LogP contribution in [0.15, 0.2) is 24.3 Å². The Morgan fingerprint density at radius 3 is 2.35 bits per heavy atom. The second kappa shape index (κ2) is 6.02. The smallest absolute Gasteiger partial charge is 0.109 e. The predicted molar refractivity (Wildman–Crippen MR) is 93.9 cm³/mol. The van der Waals surface area contributed by atoms with Gasteiger partial charge in [-0.1, -0.05) is 51.5 Å². The first kappa shape index (κ1) is 18.7. The molecule has 2 aliphatic carbocycles. The van der Waals surface area contributed by atoms with Crippen LogP contribution < -0.4 is 0 Å². The molecule has 0 spiro atoms. The van der Waals surface area contributed by atoms with Crippen LogP contribution in [0.3, 0.4) is 0 Å². The zero-order chi connectivity index (χ0) is 17.6. The summed E-state index contributed by atoms with van der Waals surface area (Å²) < 4.78 is 0. The van der Waals surface area contributed by atoms with Gasteiger partial charge >= 0.3 is 0 Å². The average Bonchev–Trinajstić information content (AvgIpc) is 2.43. The van der Waals surface area contributed by atoms with Gasteiger partial charge in [0.25, 0.3) is 0 Å². The maximum atomic E-state index is 11.1. The lowest BCUT2D eigenvalue weighted by Gasteiger charge is -2.64. The van der Waals surface area contributed by atoms with E-state index in [2.05, 4.69) is 33.4 Å². The van der Waals surface area contributed by atoms with Crippen LogP contribution in [0.2, 0.25) is 0 Å². The van der Waals surface area contributed by atoms with Crippen molar-refractivity contribution in [3.05, 3.63) is 24.3 Å². The average molecular weight is 322 g/mol. The van der Waals surface area contributed by atoms with Crippen molar-refractivity contribution in [3.8, 4) is 0 Å². The molecule has 3 nitrogen and oxygen atoms in total. The van der Waals surface area contributed by atoms with Gasteiger partial charge in [0, 0.05) is 0 Å². The first-order chi connectivity index (χ1) is 10.5. The van der Waals surface area contributed by atoms with E-state index in [1.807, 2.05) is 13.0 Å². The standard InChI is InChI=1S/C20H34O3/c1-7-13(2)9-10-14-19(5)12-8-11-18(3,4)16(19)15(21)17(22)20(14,6)23/h7,9,14-17,21-23H,1,8,10-12H2,2-6H3/b13-9+/t14-,15+,16?,17+,19-,20+/m1/s1. The molecule has 2 saturated carbocycles.